The monoisotopic (exact) mass is 261 g/mol. The van der Waals surface area contributed by atoms with E-state index in [2.05, 4.69) is 25.3 Å². The molecule has 2 aromatic rings. The maximum Gasteiger partial charge on any atom is 0.200 e. The molecule has 2 aromatic heterocycles. The minimum absolute atomic E-state index is 0.509. The van der Waals surface area contributed by atoms with Gasteiger partial charge in [-0.3, -0.25) is 0 Å². The topological polar surface area (TPSA) is 51.8 Å². The highest BCUT2D eigenvalue weighted by Crippen LogP contribution is 2.30. The van der Waals surface area contributed by atoms with Crippen LogP contribution >= 0.6 is 38.8 Å². The molecule has 0 amide bonds. The fraction of sp³-hybridized carbons (Fsp3) is 0. The zero-order valence-corrected chi connectivity index (χ0v) is 9.04. The van der Waals surface area contributed by atoms with Crippen LogP contribution in [0, 0.1) is 0 Å². The van der Waals surface area contributed by atoms with E-state index >= 15 is 0 Å². The number of nitrogens with two attached hydrogens (primary N) is 1. The number of hydrogen-bond acceptors (Lipinski definition) is 5. The molecule has 0 aromatic carbocycles. The largest absolute Gasteiger partial charge is 0.374 e. The number of rotatable bonds is 1. The third-order valence-corrected chi connectivity index (χ3v) is 3.40. The van der Waals surface area contributed by atoms with E-state index in [1.54, 1.807) is 11.3 Å². The first-order chi connectivity index (χ1) is 5.75. The van der Waals surface area contributed by atoms with Crippen molar-refractivity contribution in [2.45, 2.75) is 0 Å². The summed E-state index contributed by atoms with van der Waals surface area (Å²) in [4.78, 5) is 5.11. The van der Waals surface area contributed by atoms with Crippen molar-refractivity contribution in [3.63, 3.8) is 0 Å². The van der Waals surface area contributed by atoms with E-state index in [0.29, 0.717) is 11.0 Å². The molecule has 0 spiro atoms. The number of hydrogen-bond donors (Lipinski definition) is 1. The lowest BCUT2D eigenvalue weighted by Gasteiger charge is -1.83. The van der Waals surface area contributed by atoms with E-state index in [1.165, 1.54) is 11.5 Å². The Morgan fingerprint density at radius 3 is 2.75 bits per heavy atom. The number of anilines is 1. The van der Waals surface area contributed by atoms with Gasteiger partial charge < -0.3 is 5.73 Å². The lowest BCUT2D eigenvalue weighted by Crippen LogP contribution is -1.81. The summed E-state index contributed by atoms with van der Waals surface area (Å²) in [5.41, 5.74) is 5.46. The maximum atomic E-state index is 5.46. The van der Waals surface area contributed by atoms with Crippen molar-refractivity contribution in [2.75, 3.05) is 5.73 Å². The third-order valence-electron chi connectivity index (χ3n) is 1.24. The first-order valence-electron chi connectivity index (χ1n) is 3.10. The summed E-state index contributed by atoms with van der Waals surface area (Å²) in [5, 5.41) is 0.509. The van der Waals surface area contributed by atoms with Crippen molar-refractivity contribution >= 4 is 43.9 Å². The fourth-order valence-electron chi connectivity index (χ4n) is 0.770. The van der Waals surface area contributed by atoms with Crippen molar-refractivity contribution < 1.29 is 0 Å². The molecule has 0 aliphatic heterocycles. The summed E-state index contributed by atoms with van der Waals surface area (Å²) in [6.45, 7) is 0. The van der Waals surface area contributed by atoms with E-state index < -0.39 is 0 Å². The Morgan fingerprint density at radius 1 is 1.42 bits per heavy atom. The van der Waals surface area contributed by atoms with E-state index in [4.69, 9.17) is 5.73 Å². The predicted octanol–water partition coefficient (Wildman–Crippen LogP) is 2.61. The van der Waals surface area contributed by atoms with Crippen LogP contribution in [0.1, 0.15) is 0 Å². The Kier molecular flexibility index (Phi) is 2.12. The lowest BCUT2D eigenvalue weighted by molar-refractivity contribution is 1.35. The molecule has 0 fully saturated rings. The molecule has 0 unspecified atom stereocenters. The Hall–Kier alpha value is -0.460. The van der Waals surface area contributed by atoms with Gasteiger partial charge >= 0.3 is 0 Å². The molecule has 62 valence electrons. The van der Waals surface area contributed by atoms with Gasteiger partial charge in [0.05, 0.1) is 8.66 Å². The normalized spacial score (nSPS) is 10.4. The Bertz CT molecular complexity index is 357. The van der Waals surface area contributed by atoms with Crippen molar-refractivity contribution in [2.24, 2.45) is 0 Å². The molecule has 2 rings (SSSR count). The molecule has 0 aliphatic carbocycles. The first-order valence-corrected chi connectivity index (χ1v) is 5.49. The van der Waals surface area contributed by atoms with Crippen LogP contribution in [-0.2, 0) is 0 Å². The van der Waals surface area contributed by atoms with Crippen LogP contribution in [0.15, 0.2) is 15.9 Å². The van der Waals surface area contributed by atoms with E-state index in [1.807, 2.05) is 12.1 Å². The van der Waals surface area contributed by atoms with Gasteiger partial charge in [0.25, 0.3) is 0 Å². The van der Waals surface area contributed by atoms with Crippen molar-refractivity contribution in [1.82, 2.24) is 9.36 Å². The summed E-state index contributed by atoms with van der Waals surface area (Å²) >= 11 is 6.18. The van der Waals surface area contributed by atoms with Crippen LogP contribution in [0.2, 0.25) is 0 Å². The van der Waals surface area contributed by atoms with Gasteiger partial charge in [0.1, 0.15) is 0 Å². The second-order valence-corrected chi connectivity index (χ2v) is 5.31. The number of aromatic nitrogens is 2. The Balaban J connectivity index is 2.43. The van der Waals surface area contributed by atoms with Crippen LogP contribution in [0.4, 0.5) is 5.13 Å². The lowest BCUT2D eigenvalue weighted by atomic mass is 10.4. The molecule has 2 N–H and O–H groups in total. The standard InChI is InChI=1S/C6H4BrN3S2/c7-4-2-1-3(11-4)5-9-6(8)12-10-5/h1-2H,(H2,8,9,10). The van der Waals surface area contributed by atoms with Gasteiger partial charge in [-0.25, -0.2) is 0 Å². The zero-order chi connectivity index (χ0) is 8.55. The van der Waals surface area contributed by atoms with Gasteiger partial charge in [-0.1, -0.05) is 0 Å². The van der Waals surface area contributed by atoms with Gasteiger partial charge in [-0.15, -0.1) is 11.3 Å². The van der Waals surface area contributed by atoms with Gasteiger partial charge in [0, 0.05) is 11.5 Å². The highest BCUT2D eigenvalue weighted by molar-refractivity contribution is 9.11. The average molecular weight is 262 g/mol. The molecule has 12 heavy (non-hydrogen) atoms. The molecule has 0 saturated carbocycles. The second-order valence-electron chi connectivity index (χ2n) is 2.06. The third kappa shape index (κ3) is 1.50. The van der Waals surface area contributed by atoms with Gasteiger partial charge in [-0.2, -0.15) is 9.36 Å². The van der Waals surface area contributed by atoms with E-state index in [9.17, 15) is 0 Å². The van der Waals surface area contributed by atoms with Crippen LogP contribution in [0.3, 0.4) is 0 Å². The number of nitrogen functional groups attached to an aromatic ring is 1. The Labute approximate surface area is 85.6 Å². The van der Waals surface area contributed by atoms with Crippen LogP contribution in [0.25, 0.3) is 10.7 Å². The van der Waals surface area contributed by atoms with Crippen LogP contribution < -0.4 is 5.73 Å². The van der Waals surface area contributed by atoms with Gasteiger partial charge in [-0.05, 0) is 28.1 Å². The maximum absolute atomic E-state index is 5.46. The van der Waals surface area contributed by atoms with E-state index in [-0.39, 0.29) is 0 Å². The summed E-state index contributed by atoms with van der Waals surface area (Å²) in [6.07, 6.45) is 0. The first kappa shape index (κ1) is 8.15. The fourth-order valence-corrected chi connectivity index (χ4v) is 2.59. The van der Waals surface area contributed by atoms with Crippen molar-refractivity contribution in [3.05, 3.63) is 15.9 Å². The number of thiophene rings is 1. The Morgan fingerprint density at radius 2 is 2.25 bits per heavy atom. The minimum Gasteiger partial charge on any atom is -0.374 e. The second kappa shape index (κ2) is 3.12. The van der Waals surface area contributed by atoms with E-state index in [0.717, 1.165) is 8.66 Å². The highest BCUT2D eigenvalue weighted by atomic mass is 79.9. The van der Waals surface area contributed by atoms with Gasteiger partial charge in [0.15, 0.2) is 11.0 Å². The molecular formula is C6H4BrN3S2. The molecular weight excluding hydrogens is 258 g/mol. The average Bonchev–Trinajstić information content (AvgIpc) is 2.58. The summed E-state index contributed by atoms with van der Waals surface area (Å²) in [7, 11) is 0. The predicted molar refractivity (Wildman–Crippen MR) is 55.3 cm³/mol. The van der Waals surface area contributed by atoms with Crippen LogP contribution in [-0.4, -0.2) is 9.36 Å². The molecule has 0 saturated heterocycles. The molecule has 0 atom stereocenters. The quantitative estimate of drug-likeness (QED) is 0.859. The van der Waals surface area contributed by atoms with Crippen LogP contribution in [0.5, 0.6) is 0 Å². The smallest absolute Gasteiger partial charge is 0.200 e. The van der Waals surface area contributed by atoms with Crippen molar-refractivity contribution in [1.29, 1.82) is 0 Å². The minimum atomic E-state index is 0.509. The highest BCUT2D eigenvalue weighted by Gasteiger charge is 2.06. The summed E-state index contributed by atoms with van der Waals surface area (Å²) in [6, 6.07) is 3.94. The van der Waals surface area contributed by atoms with Gasteiger partial charge in [0.2, 0.25) is 0 Å². The molecule has 3 nitrogen and oxygen atoms in total. The van der Waals surface area contributed by atoms with Crippen molar-refractivity contribution in [3.8, 4) is 10.7 Å². The summed E-state index contributed by atoms with van der Waals surface area (Å²) < 4.78 is 5.17. The number of nitrogens with zero attached hydrogens (tertiary/aromatic N) is 2. The SMILES string of the molecule is Nc1nc(-c2ccc(Br)s2)ns1. The summed E-state index contributed by atoms with van der Waals surface area (Å²) in [5.74, 6) is 0.716. The molecule has 0 bridgehead atoms. The molecule has 0 aliphatic rings. The molecule has 0 radical (unpaired) electrons. The zero-order valence-electron chi connectivity index (χ0n) is 5.82. The molecule has 2 heterocycles. The number of halogens is 1. The molecule has 6 heteroatoms.